The van der Waals surface area contributed by atoms with Crippen molar-refractivity contribution in [1.82, 2.24) is 5.16 Å². The van der Waals surface area contributed by atoms with Crippen LogP contribution in [0.2, 0.25) is 5.02 Å². The minimum atomic E-state index is -4.65. The lowest BCUT2D eigenvalue weighted by Gasteiger charge is -2.14. The molecule has 0 saturated carbocycles. The summed E-state index contributed by atoms with van der Waals surface area (Å²) in [5.74, 6) is -0.763. The largest absolute Gasteiger partial charge is 0.478 e. The van der Waals surface area contributed by atoms with Gasteiger partial charge in [-0.2, -0.15) is 13.2 Å². The SMILES string of the molecule is O=C(O)c1ccc(NCc2c(-c3c(Cl)cccc3C(F)(F)F)noc2-c2ccccc2)cc1. The van der Waals surface area contributed by atoms with Crippen molar-refractivity contribution in [2.75, 3.05) is 5.32 Å². The van der Waals surface area contributed by atoms with Crippen LogP contribution in [0.1, 0.15) is 21.5 Å². The first-order valence-corrected chi connectivity index (χ1v) is 10.1. The molecule has 0 bridgehead atoms. The summed E-state index contributed by atoms with van der Waals surface area (Å²) in [5.41, 5.74) is 0.479. The Morgan fingerprint density at radius 2 is 1.70 bits per heavy atom. The number of carboxylic acid groups (broad SMARTS) is 1. The van der Waals surface area contributed by atoms with Crippen LogP contribution in [-0.2, 0) is 12.7 Å². The maximum atomic E-state index is 13.7. The molecule has 4 aromatic rings. The fourth-order valence-corrected chi connectivity index (χ4v) is 3.67. The van der Waals surface area contributed by atoms with E-state index in [4.69, 9.17) is 21.2 Å². The molecule has 0 fully saturated rings. The zero-order valence-electron chi connectivity index (χ0n) is 16.9. The van der Waals surface area contributed by atoms with Gasteiger partial charge in [0.25, 0.3) is 0 Å². The number of halogens is 4. The topological polar surface area (TPSA) is 75.4 Å². The Balaban J connectivity index is 1.80. The van der Waals surface area contributed by atoms with Crippen LogP contribution >= 0.6 is 11.6 Å². The molecule has 33 heavy (non-hydrogen) atoms. The molecule has 1 aromatic heterocycles. The van der Waals surface area contributed by atoms with Crippen molar-refractivity contribution in [3.8, 4) is 22.6 Å². The van der Waals surface area contributed by atoms with Crippen LogP contribution < -0.4 is 5.32 Å². The van der Waals surface area contributed by atoms with E-state index < -0.39 is 17.7 Å². The number of nitrogens with zero attached hydrogens (tertiary/aromatic N) is 1. The average molecular weight is 473 g/mol. The van der Waals surface area contributed by atoms with Gasteiger partial charge in [-0.3, -0.25) is 0 Å². The molecule has 3 aromatic carbocycles. The lowest BCUT2D eigenvalue weighted by molar-refractivity contribution is -0.137. The van der Waals surface area contributed by atoms with Crippen molar-refractivity contribution in [2.24, 2.45) is 0 Å². The number of carboxylic acids is 1. The number of hydrogen-bond acceptors (Lipinski definition) is 4. The molecule has 9 heteroatoms. The van der Waals surface area contributed by atoms with Gasteiger partial charge in [-0.25, -0.2) is 4.79 Å². The molecule has 0 radical (unpaired) electrons. The van der Waals surface area contributed by atoms with Gasteiger partial charge in [-0.05, 0) is 36.4 Å². The van der Waals surface area contributed by atoms with Gasteiger partial charge in [0, 0.05) is 28.9 Å². The summed E-state index contributed by atoms with van der Waals surface area (Å²) in [4.78, 5) is 11.1. The van der Waals surface area contributed by atoms with Gasteiger partial charge in [0.1, 0.15) is 5.69 Å². The Hall–Kier alpha value is -3.78. The summed E-state index contributed by atoms with van der Waals surface area (Å²) < 4.78 is 46.8. The Morgan fingerprint density at radius 3 is 2.33 bits per heavy atom. The highest BCUT2D eigenvalue weighted by atomic mass is 35.5. The third-order valence-electron chi connectivity index (χ3n) is 4.98. The second-order valence-corrected chi connectivity index (χ2v) is 7.51. The van der Waals surface area contributed by atoms with Crippen molar-refractivity contribution in [1.29, 1.82) is 0 Å². The molecule has 5 nitrogen and oxygen atoms in total. The van der Waals surface area contributed by atoms with Crippen molar-refractivity contribution in [3.63, 3.8) is 0 Å². The normalized spacial score (nSPS) is 11.4. The molecule has 1 heterocycles. The van der Waals surface area contributed by atoms with Crippen LogP contribution in [-0.4, -0.2) is 16.2 Å². The van der Waals surface area contributed by atoms with Crippen molar-refractivity contribution in [3.05, 3.63) is 94.5 Å². The van der Waals surface area contributed by atoms with Gasteiger partial charge < -0.3 is 14.9 Å². The fourth-order valence-electron chi connectivity index (χ4n) is 3.41. The number of hydrogen-bond donors (Lipinski definition) is 2. The van der Waals surface area contributed by atoms with Gasteiger partial charge in [0.2, 0.25) is 0 Å². The minimum Gasteiger partial charge on any atom is -0.478 e. The quantitative estimate of drug-likeness (QED) is 0.316. The first kappa shape index (κ1) is 22.4. The van der Waals surface area contributed by atoms with E-state index in [9.17, 15) is 18.0 Å². The minimum absolute atomic E-state index is 0.0264. The second-order valence-electron chi connectivity index (χ2n) is 7.10. The van der Waals surface area contributed by atoms with Gasteiger partial charge in [0.15, 0.2) is 5.76 Å². The molecule has 0 atom stereocenters. The van der Waals surface area contributed by atoms with Crippen LogP contribution in [0.25, 0.3) is 22.6 Å². The smallest absolute Gasteiger partial charge is 0.417 e. The van der Waals surface area contributed by atoms with Crippen LogP contribution in [0.5, 0.6) is 0 Å². The summed E-state index contributed by atoms with van der Waals surface area (Å²) in [7, 11) is 0. The molecule has 0 amide bonds. The number of anilines is 1. The van der Waals surface area contributed by atoms with Gasteiger partial charge >= 0.3 is 12.1 Å². The maximum absolute atomic E-state index is 13.7. The number of aromatic nitrogens is 1. The van der Waals surface area contributed by atoms with Crippen molar-refractivity contribution >= 4 is 23.3 Å². The van der Waals surface area contributed by atoms with Crippen LogP contribution in [0.15, 0.2) is 77.3 Å². The highest BCUT2D eigenvalue weighted by Crippen LogP contribution is 2.43. The monoisotopic (exact) mass is 472 g/mol. The summed E-state index contributed by atoms with van der Waals surface area (Å²) in [6, 6.07) is 18.4. The molecule has 4 rings (SSSR count). The average Bonchev–Trinajstić information content (AvgIpc) is 3.21. The molecule has 168 valence electrons. The van der Waals surface area contributed by atoms with E-state index in [1.54, 1.807) is 42.5 Å². The number of rotatable bonds is 6. The standard InChI is InChI=1S/C24H16ClF3N2O3/c25-19-8-4-7-18(24(26,27)28)20(19)21-17(22(33-30-21)14-5-2-1-3-6-14)13-29-16-11-9-15(10-12-16)23(31)32/h1-12,29H,13H2,(H,31,32). The van der Waals surface area contributed by atoms with Gasteiger partial charge in [0.05, 0.1) is 16.1 Å². The summed E-state index contributed by atoms with van der Waals surface area (Å²) in [6.45, 7) is 0.0536. The summed E-state index contributed by atoms with van der Waals surface area (Å²) >= 11 is 6.20. The third-order valence-corrected chi connectivity index (χ3v) is 5.30. The molecule has 0 spiro atoms. The molecule has 0 saturated heterocycles. The molecular formula is C24H16ClF3N2O3. The van der Waals surface area contributed by atoms with E-state index in [2.05, 4.69) is 10.5 Å². The number of aromatic carboxylic acids is 1. The first-order chi connectivity index (χ1) is 15.8. The van der Waals surface area contributed by atoms with Gasteiger partial charge in [-0.1, -0.05) is 53.2 Å². The number of benzene rings is 3. The predicted molar refractivity (Wildman–Crippen MR) is 118 cm³/mol. The Kier molecular flexibility index (Phi) is 6.11. The highest BCUT2D eigenvalue weighted by molar-refractivity contribution is 6.33. The zero-order valence-corrected chi connectivity index (χ0v) is 17.6. The number of nitrogens with one attached hydrogen (secondary N) is 1. The molecular weight excluding hydrogens is 457 g/mol. The second kappa shape index (κ2) is 8.99. The van der Waals surface area contributed by atoms with Crippen LogP contribution in [0, 0.1) is 0 Å². The van der Waals surface area contributed by atoms with Crippen LogP contribution in [0.3, 0.4) is 0 Å². The molecule has 0 aliphatic carbocycles. The lowest BCUT2D eigenvalue weighted by Crippen LogP contribution is -2.09. The van der Waals surface area contributed by atoms with E-state index in [0.717, 1.165) is 6.07 Å². The number of alkyl halides is 3. The Morgan fingerprint density at radius 1 is 1.00 bits per heavy atom. The summed E-state index contributed by atoms with van der Waals surface area (Å²) in [5, 5.41) is 16.0. The Bertz CT molecular complexity index is 1290. The predicted octanol–water partition coefficient (Wildman–Crippen LogP) is 6.99. The third kappa shape index (κ3) is 4.70. The number of carbonyl (C=O) groups is 1. The Labute approximate surface area is 191 Å². The van der Waals surface area contributed by atoms with E-state index in [1.165, 1.54) is 24.3 Å². The van der Waals surface area contributed by atoms with Crippen molar-refractivity contribution in [2.45, 2.75) is 12.7 Å². The van der Waals surface area contributed by atoms with E-state index >= 15 is 0 Å². The zero-order chi connectivity index (χ0) is 23.6. The molecule has 2 N–H and O–H groups in total. The van der Waals surface area contributed by atoms with Gasteiger partial charge in [-0.15, -0.1) is 0 Å². The van der Waals surface area contributed by atoms with Crippen molar-refractivity contribution < 1.29 is 27.6 Å². The van der Waals surface area contributed by atoms with E-state index in [0.29, 0.717) is 22.6 Å². The fraction of sp³-hybridized carbons (Fsp3) is 0.0833. The van der Waals surface area contributed by atoms with E-state index in [1.807, 2.05) is 0 Å². The highest BCUT2D eigenvalue weighted by Gasteiger charge is 2.36. The molecule has 0 aliphatic rings. The van der Waals surface area contributed by atoms with E-state index in [-0.39, 0.29) is 28.4 Å². The maximum Gasteiger partial charge on any atom is 0.417 e. The summed E-state index contributed by atoms with van der Waals surface area (Å²) in [6.07, 6.45) is -4.65. The van der Waals surface area contributed by atoms with Crippen LogP contribution in [0.4, 0.5) is 18.9 Å². The first-order valence-electron chi connectivity index (χ1n) is 9.73. The molecule has 0 unspecified atom stereocenters. The lowest BCUT2D eigenvalue weighted by atomic mass is 9.98. The molecule has 0 aliphatic heterocycles.